The quantitative estimate of drug-likeness (QED) is 0.164. The molecule has 2 aromatic heterocycles. The SMILES string of the molecule is CC(C)(C)c1ccc2c(c1)B1c3cc(C(C)(C)C)cc4c3N(c3cc(N(c5ccccc5)c5ccccc5)cc(c31)N2c1ccc2c(c1)oc1ccccc12)c1cc(C(C)(C)C)cc2c3cc(C(C)(C)C)ccc3n-4c12. The molecule has 0 fully saturated rings. The summed E-state index contributed by atoms with van der Waals surface area (Å²) in [5.74, 6) is 0. The van der Waals surface area contributed by atoms with Crippen molar-refractivity contribution in [3.05, 3.63) is 198 Å². The van der Waals surface area contributed by atoms with Crippen molar-refractivity contribution in [2.24, 2.45) is 0 Å². The van der Waals surface area contributed by atoms with Gasteiger partial charge >= 0.3 is 0 Å². The summed E-state index contributed by atoms with van der Waals surface area (Å²) in [6, 6.07) is 66.8. The summed E-state index contributed by atoms with van der Waals surface area (Å²) < 4.78 is 9.38. The van der Waals surface area contributed by atoms with E-state index < -0.39 is 0 Å². The van der Waals surface area contributed by atoms with Gasteiger partial charge in [0.2, 0.25) is 0 Å². The highest BCUT2D eigenvalue weighted by Gasteiger charge is 2.48. The predicted molar refractivity (Wildman–Crippen MR) is 325 cm³/mol. The Morgan fingerprint density at radius 2 is 0.934 bits per heavy atom. The summed E-state index contributed by atoms with van der Waals surface area (Å²) in [7, 11) is 0. The number of para-hydroxylation sites is 3. The zero-order chi connectivity index (χ0) is 52.5. The minimum Gasteiger partial charge on any atom is -0.456 e. The highest BCUT2D eigenvalue weighted by Crippen LogP contribution is 2.56. The van der Waals surface area contributed by atoms with Crippen LogP contribution >= 0.6 is 0 Å². The van der Waals surface area contributed by atoms with Gasteiger partial charge in [-0.2, -0.15) is 0 Å². The van der Waals surface area contributed by atoms with Crippen LogP contribution < -0.4 is 31.1 Å². The van der Waals surface area contributed by atoms with E-state index in [-0.39, 0.29) is 28.4 Å². The first-order chi connectivity index (χ1) is 36.2. The number of furan rings is 1. The van der Waals surface area contributed by atoms with E-state index in [9.17, 15) is 0 Å². The molecule has 0 bridgehead atoms. The number of hydrogen-bond donors (Lipinski definition) is 0. The van der Waals surface area contributed by atoms with E-state index in [2.05, 4.69) is 278 Å². The van der Waals surface area contributed by atoms with E-state index >= 15 is 0 Å². The Morgan fingerprint density at radius 1 is 0.382 bits per heavy atom. The molecule has 0 atom stereocenters. The topological polar surface area (TPSA) is 27.8 Å². The standard InChI is InChI=1S/C70H65BN4O/c1-67(2,3)42-27-31-56-52(33-42)53-34-44(69(7,8)9)37-60-65(53)74(56)61-38-45(70(10,11)12)36-55-66(61)75(60)59-40-49(72(46-21-15-13-16-22-46)47-23-17-14-18-24-47)39-58-64(59)71(55)54-35-43(68(4,5)6)28-32-57(54)73(58)48-29-30-51-50-25-19-20-26-62(50)76-63(51)41-48/h13-41H,1-12H3. The van der Waals surface area contributed by atoms with Crippen LogP contribution in [0.4, 0.5) is 51.2 Å². The molecule has 5 heterocycles. The number of benzene rings is 9. The first-order valence-electron chi connectivity index (χ1n) is 27.3. The normalized spacial score (nSPS) is 14.0. The Bertz CT molecular complexity index is 4190. The highest BCUT2D eigenvalue weighted by atomic mass is 16.3. The van der Waals surface area contributed by atoms with Crippen molar-refractivity contribution in [2.75, 3.05) is 14.7 Å². The second-order valence-corrected chi connectivity index (χ2v) is 26.0. The Hall–Kier alpha value is -7.96. The number of anilines is 9. The lowest BCUT2D eigenvalue weighted by molar-refractivity contribution is 0.590. The van der Waals surface area contributed by atoms with Crippen LogP contribution in [0.15, 0.2) is 180 Å². The van der Waals surface area contributed by atoms with Crippen LogP contribution in [0.2, 0.25) is 0 Å². The Morgan fingerprint density at radius 3 is 1.61 bits per heavy atom. The van der Waals surface area contributed by atoms with Crippen LogP contribution in [0.25, 0.3) is 49.4 Å². The second kappa shape index (κ2) is 15.8. The molecule has 14 rings (SSSR count). The molecule has 0 spiro atoms. The van der Waals surface area contributed by atoms with E-state index in [0.717, 1.165) is 50.4 Å². The third kappa shape index (κ3) is 6.84. The molecule has 0 saturated carbocycles. The molecule has 3 aliphatic heterocycles. The fourth-order valence-electron chi connectivity index (χ4n) is 12.7. The van der Waals surface area contributed by atoms with Gasteiger partial charge in [0.25, 0.3) is 6.71 Å². The summed E-state index contributed by atoms with van der Waals surface area (Å²) in [6.07, 6.45) is 0. The molecule has 11 aromatic rings. The van der Waals surface area contributed by atoms with Crippen molar-refractivity contribution in [3.63, 3.8) is 0 Å². The van der Waals surface area contributed by atoms with Crippen LogP contribution in [-0.2, 0) is 21.7 Å². The average Bonchev–Trinajstić information content (AvgIpc) is 3.99. The molecule has 76 heavy (non-hydrogen) atoms. The third-order valence-corrected chi connectivity index (χ3v) is 16.8. The highest BCUT2D eigenvalue weighted by molar-refractivity contribution is 7.00. The fourth-order valence-corrected chi connectivity index (χ4v) is 12.7. The van der Waals surface area contributed by atoms with Crippen molar-refractivity contribution in [2.45, 2.75) is 105 Å². The number of nitrogens with zero attached hydrogens (tertiary/aromatic N) is 4. The smallest absolute Gasteiger partial charge is 0.252 e. The number of fused-ring (bicyclic) bond motifs is 12. The van der Waals surface area contributed by atoms with E-state index in [1.807, 2.05) is 0 Å². The number of aromatic nitrogens is 1. The van der Waals surface area contributed by atoms with Gasteiger partial charge in [0.05, 0.1) is 33.8 Å². The van der Waals surface area contributed by atoms with Gasteiger partial charge in [0.1, 0.15) is 11.2 Å². The molecular formula is C70H65BN4O. The molecule has 0 amide bonds. The lowest BCUT2D eigenvalue weighted by Crippen LogP contribution is -2.62. The van der Waals surface area contributed by atoms with E-state index in [1.54, 1.807) is 0 Å². The van der Waals surface area contributed by atoms with Crippen molar-refractivity contribution in [3.8, 4) is 5.69 Å². The van der Waals surface area contributed by atoms with Crippen LogP contribution in [0, 0.1) is 0 Å². The fraction of sp³-hybridized carbons (Fsp3) is 0.229. The van der Waals surface area contributed by atoms with Gasteiger partial charge in [-0.15, -0.1) is 0 Å². The molecule has 3 aliphatic rings. The zero-order valence-electron chi connectivity index (χ0n) is 46.0. The number of rotatable bonds is 4. The first-order valence-corrected chi connectivity index (χ1v) is 27.3. The summed E-state index contributed by atoms with van der Waals surface area (Å²) in [5, 5.41) is 4.83. The van der Waals surface area contributed by atoms with Gasteiger partial charge in [-0.05, 0) is 151 Å². The van der Waals surface area contributed by atoms with Crippen molar-refractivity contribution in [1.29, 1.82) is 0 Å². The van der Waals surface area contributed by atoms with Crippen molar-refractivity contribution < 1.29 is 4.42 Å². The maximum absolute atomic E-state index is 6.73. The first kappa shape index (κ1) is 46.6. The summed E-state index contributed by atoms with van der Waals surface area (Å²) in [5.41, 5.74) is 24.6. The third-order valence-electron chi connectivity index (χ3n) is 16.8. The van der Waals surface area contributed by atoms with Gasteiger partial charge in [0.15, 0.2) is 0 Å². The molecule has 0 saturated heterocycles. The molecule has 0 unspecified atom stereocenters. The Balaban J connectivity index is 1.18. The van der Waals surface area contributed by atoms with E-state index in [1.165, 1.54) is 88.9 Å². The zero-order valence-corrected chi connectivity index (χ0v) is 46.0. The van der Waals surface area contributed by atoms with Crippen LogP contribution in [0.1, 0.15) is 105 Å². The molecule has 5 nitrogen and oxygen atoms in total. The molecular weight excluding hydrogens is 924 g/mol. The lowest BCUT2D eigenvalue weighted by atomic mass is 9.33. The lowest BCUT2D eigenvalue weighted by Gasteiger charge is -2.47. The summed E-state index contributed by atoms with van der Waals surface area (Å²) in [6.45, 7) is 28.2. The summed E-state index contributed by atoms with van der Waals surface area (Å²) in [4.78, 5) is 7.70. The van der Waals surface area contributed by atoms with Crippen LogP contribution in [0.3, 0.4) is 0 Å². The Kier molecular flexibility index (Phi) is 9.68. The molecule has 9 aromatic carbocycles. The van der Waals surface area contributed by atoms with E-state index in [4.69, 9.17) is 4.42 Å². The molecule has 6 heteroatoms. The van der Waals surface area contributed by atoms with Crippen molar-refractivity contribution >= 4 is 118 Å². The predicted octanol–water partition coefficient (Wildman–Crippen LogP) is 17.7. The monoisotopic (exact) mass is 989 g/mol. The second-order valence-electron chi connectivity index (χ2n) is 26.0. The maximum Gasteiger partial charge on any atom is 0.252 e. The molecule has 0 N–H and O–H groups in total. The number of hydrogen-bond acceptors (Lipinski definition) is 4. The minimum atomic E-state index is -0.147. The van der Waals surface area contributed by atoms with Crippen LogP contribution in [0.5, 0.6) is 0 Å². The average molecular weight is 989 g/mol. The van der Waals surface area contributed by atoms with Gasteiger partial charge in [-0.1, -0.05) is 162 Å². The minimum absolute atomic E-state index is 0.0234. The molecule has 374 valence electrons. The Labute approximate surface area is 448 Å². The van der Waals surface area contributed by atoms with Gasteiger partial charge < -0.3 is 23.7 Å². The van der Waals surface area contributed by atoms with Crippen molar-refractivity contribution in [1.82, 2.24) is 4.57 Å². The summed E-state index contributed by atoms with van der Waals surface area (Å²) >= 11 is 0. The van der Waals surface area contributed by atoms with Gasteiger partial charge in [-0.25, -0.2) is 0 Å². The van der Waals surface area contributed by atoms with E-state index in [0.29, 0.717) is 0 Å². The van der Waals surface area contributed by atoms with Gasteiger partial charge in [-0.3, -0.25) is 0 Å². The van der Waals surface area contributed by atoms with Crippen LogP contribution in [-0.4, -0.2) is 11.3 Å². The molecule has 0 aliphatic carbocycles. The largest absolute Gasteiger partial charge is 0.456 e. The van der Waals surface area contributed by atoms with Gasteiger partial charge in [0, 0.05) is 61.7 Å². The molecule has 0 radical (unpaired) electrons. The maximum atomic E-state index is 6.73.